The van der Waals surface area contributed by atoms with Gasteiger partial charge in [0.25, 0.3) is 0 Å². The van der Waals surface area contributed by atoms with Crippen LogP contribution in [-0.2, 0) is 12.8 Å². The molecular formula is C14H16N2S. The number of benzene rings is 1. The molecule has 0 unspecified atom stereocenters. The lowest BCUT2D eigenvalue weighted by atomic mass is 9.74. The first kappa shape index (κ1) is 10.9. The van der Waals surface area contributed by atoms with Crippen molar-refractivity contribution in [2.24, 2.45) is 5.41 Å². The van der Waals surface area contributed by atoms with Gasteiger partial charge in [0.2, 0.25) is 0 Å². The molecule has 2 heterocycles. The van der Waals surface area contributed by atoms with Gasteiger partial charge in [0, 0.05) is 36.5 Å². The standard InChI is InChI=1S/C14H16N2S/c1-2-4-12(5-3-1)8-14(10-15-11-14)9-13-16-6-7-17-13/h1-7,15H,8-11H2. The van der Waals surface area contributed by atoms with Crippen molar-refractivity contribution >= 4 is 11.3 Å². The van der Waals surface area contributed by atoms with Gasteiger partial charge in [-0.3, -0.25) is 0 Å². The minimum absolute atomic E-state index is 0.388. The lowest BCUT2D eigenvalue weighted by molar-refractivity contribution is 0.166. The molecule has 1 fully saturated rings. The zero-order valence-corrected chi connectivity index (χ0v) is 10.5. The highest BCUT2D eigenvalue weighted by Crippen LogP contribution is 2.32. The van der Waals surface area contributed by atoms with Crippen LogP contribution in [0.5, 0.6) is 0 Å². The largest absolute Gasteiger partial charge is 0.315 e. The Hall–Kier alpha value is -1.19. The van der Waals surface area contributed by atoms with E-state index in [0.717, 1.165) is 25.9 Å². The van der Waals surface area contributed by atoms with Gasteiger partial charge in [0.15, 0.2) is 0 Å². The second-order valence-electron chi connectivity index (χ2n) is 4.87. The molecule has 17 heavy (non-hydrogen) atoms. The topological polar surface area (TPSA) is 24.9 Å². The van der Waals surface area contributed by atoms with Gasteiger partial charge in [-0.2, -0.15) is 0 Å². The number of nitrogens with zero attached hydrogens (tertiary/aromatic N) is 1. The number of thiazole rings is 1. The van der Waals surface area contributed by atoms with Crippen LogP contribution in [0.4, 0.5) is 0 Å². The quantitative estimate of drug-likeness (QED) is 0.894. The van der Waals surface area contributed by atoms with Crippen LogP contribution in [0, 0.1) is 5.41 Å². The average molecular weight is 244 g/mol. The van der Waals surface area contributed by atoms with E-state index in [2.05, 4.69) is 46.0 Å². The van der Waals surface area contributed by atoms with Crippen LogP contribution < -0.4 is 5.32 Å². The predicted molar refractivity (Wildman–Crippen MR) is 71.3 cm³/mol. The molecule has 3 heteroatoms. The van der Waals surface area contributed by atoms with Gasteiger partial charge in [-0.05, 0) is 12.0 Å². The van der Waals surface area contributed by atoms with Crippen molar-refractivity contribution in [3.63, 3.8) is 0 Å². The van der Waals surface area contributed by atoms with E-state index in [0.29, 0.717) is 5.41 Å². The van der Waals surface area contributed by atoms with Crippen LogP contribution in [0.2, 0.25) is 0 Å². The Bertz CT molecular complexity index is 460. The first-order valence-corrected chi connectivity index (χ1v) is 6.87. The fourth-order valence-corrected chi connectivity index (χ4v) is 3.27. The summed E-state index contributed by atoms with van der Waals surface area (Å²) in [6, 6.07) is 10.8. The van der Waals surface area contributed by atoms with Gasteiger partial charge in [0.1, 0.15) is 0 Å². The summed E-state index contributed by atoms with van der Waals surface area (Å²) in [5.74, 6) is 0. The summed E-state index contributed by atoms with van der Waals surface area (Å²) in [4.78, 5) is 4.42. The molecule has 0 atom stereocenters. The highest BCUT2D eigenvalue weighted by Gasteiger charge is 2.37. The average Bonchev–Trinajstić information content (AvgIpc) is 2.80. The first-order valence-electron chi connectivity index (χ1n) is 5.99. The first-order chi connectivity index (χ1) is 8.36. The maximum Gasteiger partial charge on any atom is 0.0931 e. The molecule has 88 valence electrons. The van der Waals surface area contributed by atoms with Crippen molar-refractivity contribution < 1.29 is 0 Å². The molecule has 1 aromatic carbocycles. The fraction of sp³-hybridized carbons (Fsp3) is 0.357. The highest BCUT2D eigenvalue weighted by molar-refractivity contribution is 7.09. The zero-order valence-electron chi connectivity index (χ0n) is 9.73. The van der Waals surface area contributed by atoms with E-state index >= 15 is 0 Å². The fourth-order valence-electron chi connectivity index (χ4n) is 2.48. The number of rotatable bonds is 4. The summed E-state index contributed by atoms with van der Waals surface area (Å²) < 4.78 is 0. The van der Waals surface area contributed by atoms with Gasteiger partial charge in [-0.15, -0.1) is 11.3 Å². The third-order valence-corrected chi connectivity index (χ3v) is 4.21. The summed E-state index contributed by atoms with van der Waals surface area (Å²) in [7, 11) is 0. The molecule has 1 aromatic heterocycles. The van der Waals surface area contributed by atoms with Crippen LogP contribution in [-0.4, -0.2) is 18.1 Å². The summed E-state index contributed by atoms with van der Waals surface area (Å²) in [6.45, 7) is 2.23. The third kappa shape index (κ3) is 2.40. The second kappa shape index (κ2) is 4.59. The maximum absolute atomic E-state index is 4.42. The zero-order chi connectivity index (χ0) is 11.6. The molecule has 0 bridgehead atoms. The predicted octanol–water partition coefficient (Wildman–Crippen LogP) is 2.52. The Morgan fingerprint density at radius 2 is 2.00 bits per heavy atom. The Balaban J connectivity index is 1.74. The van der Waals surface area contributed by atoms with E-state index in [9.17, 15) is 0 Å². The molecule has 0 aliphatic carbocycles. The number of hydrogen-bond acceptors (Lipinski definition) is 3. The number of nitrogens with one attached hydrogen (secondary N) is 1. The molecule has 1 N–H and O–H groups in total. The summed E-state index contributed by atoms with van der Waals surface area (Å²) in [6.07, 6.45) is 4.16. The lowest BCUT2D eigenvalue weighted by Gasteiger charge is -2.42. The van der Waals surface area contributed by atoms with Crippen LogP contribution in [0.3, 0.4) is 0 Å². The molecule has 0 radical (unpaired) electrons. The van der Waals surface area contributed by atoms with Gasteiger partial charge < -0.3 is 5.32 Å². The Kier molecular flexibility index (Phi) is 2.95. The molecule has 1 aliphatic rings. The maximum atomic E-state index is 4.42. The van der Waals surface area contributed by atoms with E-state index < -0.39 is 0 Å². The van der Waals surface area contributed by atoms with Crippen LogP contribution in [0.1, 0.15) is 10.6 Å². The van der Waals surface area contributed by atoms with Crippen molar-refractivity contribution in [1.29, 1.82) is 0 Å². The van der Waals surface area contributed by atoms with Crippen LogP contribution in [0.25, 0.3) is 0 Å². The normalized spacial score (nSPS) is 17.6. The minimum Gasteiger partial charge on any atom is -0.315 e. The Morgan fingerprint density at radius 1 is 1.18 bits per heavy atom. The molecule has 1 saturated heterocycles. The van der Waals surface area contributed by atoms with Gasteiger partial charge in [-0.1, -0.05) is 30.3 Å². The monoisotopic (exact) mass is 244 g/mol. The van der Waals surface area contributed by atoms with E-state index in [-0.39, 0.29) is 0 Å². The van der Waals surface area contributed by atoms with E-state index in [4.69, 9.17) is 0 Å². The van der Waals surface area contributed by atoms with E-state index in [1.807, 2.05) is 6.20 Å². The number of aromatic nitrogens is 1. The van der Waals surface area contributed by atoms with Crippen molar-refractivity contribution in [2.45, 2.75) is 12.8 Å². The van der Waals surface area contributed by atoms with E-state index in [1.165, 1.54) is 10.6 Å². The van der Waals surface area contributed by atoms with Crippen LogP contribution in [0.15, 0.2) is 41.9 Å². The second-order valence-corrected chi connectivity index (χ2v) is 5.85. The molecule has 2 aromatic rings. The molecule has 2 nitrogen and oxygen atoms in total. The summed E-state index contributed by atoms with van der Waals surface area (Å²) >= 11 is 1.77. The molecule has 3 rings (SSSR count). The molecular weight excluding hydrogens is 228 g/mol. The molecule has 0 amide bonds. The van der Waals surface area contributed by atoms with E-state index in [1.54, 1.807) is 11.3 Å². The van der Waals surface area contributed by atoms with Crippen LogP contribution >= 0.6 is 11.3 Å². The Labute approximate surface area is 106 Å². The lowest BCUT2D eigenvalue weighted by Crippen LogP contribution is -2.55. The summed E-state index contributed by atoms with van der Waals surface area (Å²) in [5, 5.41) is 6.74. The number of hydrogen-bond donors (Lipinski definition) is 1. The Morgan fingerprint density at radius 3 is 2.59 bits per heavy atom. The smallest absolute Gasteiger partial charge is 0.0931 e. The minimum atomic E-state index is 0.388. The SMILES string of the molecule is c1ccc(CC2(Cc3nccs3)CNC2)cc1. The van der Waals surface area contributed by atoms with Gasteiger partial charge in [0.05, 0.1) is 5.01 Å². The van der Waals surface area contributed by atoms with Crippen molar-refractivity contribution in [3.8, 4) is 0 Å². The highest BCUT2D eigenvalue weighted by atomic mass is 32.1. The molecule has 1 aliphatic heterocycles. The summed E-state index contributed by atoms with van der Waals surface area (Å²) in [5.41, 5.74) is 1.82. The van der Waals surface area contributed by atoms with Crippen molar-refractivity contribution in [3.05, 3.63) is 52.5 Å². The van der Waals surface area contributed by atoms with Crippen molar-refractivity contribution in [2.75, 3.05) is 13.1 Å². The molecule has 0 saturated carbocycles. The molecule has 0 spiro atoms. The third-order valence-electron chi connectivity index (χ3n) is 3.43. The van der Waals surface area contributed by atoms with Crippen molar-refractivity contribution in [1.82, 2.24) is 10.3 Å². The van der Waals surface area contributed by atoms with Gasteiger partial charge in [-0.25, -0.2) is 4.98 Å². The van der Waals surface area contributed by atoms with Gasteiger partial charge >= 0.3 is 0 Å².